The van der Waals surface area contributed by atoms with Crippen molar-refractivity contribution in [1.29, 1.82) is 0 Å². The maximum Gasteiger partial charge on any atom is 0.200 e. The summed E-state index contributed by atoms with van der Waals surface area (Å²) in [6.45, 7) is 1.98. The quantitative estimate of drug-likeness (QED) is 0.620. The van der Waals surface area contributed by atoms with Crippen LogP contribution in [-0.2, 0) is 7.05 Å². The summed E-state index contributed by atoms with van der Waals surface area (Å²) < 4.78 is 1.88. The lowest BCUT2D eigenvalue weighted by atomic mass is 10.1. The molecule has 2 aromatic heterocycles. The SMILES string of the molecule is Cc1ccc2c(ccc3c2nc(N)n3C)n1. The molecule has 0 atom stereocenters. The number of nitrogens with zero attached hydrogens (tertiary/aromatic N) is 3. The molecule has 16 heavy (non-hydrogen) atoms. The van der Waals surface area contributed by atoms with Crippen molar-refractivity contribution in [2.45, 2.75) is 6.92 Å². The molecule has 0 fully saturated rings. The molecule has 2 heterocycles. The van der Waals surface area contributed by atoms with Crippen LogP contribution in [0.2, 0.25) is 0 Å². The van der Waals surface area contributed by atoms with Crippen molar-refractivity contribution in [1.82, 2.24) is 14.5 Å². The summed E-state index contributed by atoms with van der Waals surface area (Å²) in [7, 11) is 1.91. The number of nitrogens with two attached hydrogens (primary N) is 1. The Kier molecular flexibility index (Phi) is 1.68. The summed E-state index contributed by atoms with van der Waals surface area (Å²) in [6, 6.07) is 8.05. The van der Waals surface area contributed by atoms with E-state index in [-0.39, 0.29) is 0 Å². The van der Waals surface area contributed by atoms with Crippen LogP contribution in [0.4, 0.5) is 5.95 Å². The van der Waals surface area contributed by atoms with Crippen molar-refractivity contribution in [2.24, 2.45) is 7.05 Å². The average Bonchev–Trinajstić information content (AvgIpc) is 2.55. The van der Waals surface area contributed by atoms with E-state index in [2.05, 4.69) is 9.97 Å². The lowest BCUT2D eigenvalue weighted by Crippen LogP contribution is -1.95. The monoisotopic (exact) mass is 212 g/mol. The molecule has 4 heteroatoms. The molecule has 3 aromatic rings. The van der Waals surface area contributed by atoms with Crippen LogP contribution in [0.5, 0.6) is 0 Å². The standard InChI is InChI=1S/C12H12N4/c1-7-3-4-8-9(14-7)5-6-10-11(8)15-12(13)16(10)2/h3-6H,1-2H3,(H2,13,15). The molecule has 3 rings (SSSR count). The zero-order chi connectivity index (χ0) is 11.3. The first-order valence-electron chi connectivity index (χ1n) is 5.15. The predicted molar refractivity (Wildman–Crippen MR) is 65.2 cm³/mol. The summed E-state index contributed by atoms with van der Waals surface area (Å²) in [5.41, 5.74) is 9.74. The average molecular weight is 212 g/mol. The lowest BCUT2D eigenvalue weighted by Gasteiger charge is -2.00. The Bertz CT molecular complexity index is 697. The molecular weight excluding hydrogens is 200 g/mol. The third-order valence-electron chi connectivity index (χ3n) is 2.89. The highest BCUT2D eigenvalue weighted by atomic mass is 15.1. The van der Waals surface area contributed by atoms with Gasteiger partial charge in [-0.2, -0.15) is 0 Å². The van der Waals surface area contributed by atoms with Crippen LogP contribution >= 0.6 is 0 Å². The van der Waals surface area contributed by atoms with Crippen LogP contribution in [0.25, 0.3) is 21.9 Å². The maximum atomic E-state index is 5.80. The van der Waals surface area contributed by atoms with Gasteiger partial charge in [0.05, 0.1) is 11.0 Å². The highest BCUT2D eigenvalue weighted by Crippen LogP contribution is 2.24. The molecule has 0 aliphatic carbocycles. The molecule has 0 saturated heterocycles. The fourth-order valence-electron chi connectivity index (χ4n) is 1.98. The number of nitrogen functional groups attached to an aromatic ring is 1. The molecule has 0 aliphatic rings. The Morgan fingerprint density at radius 1 is 1.12 bits per heavy atom. The Balaban J connectivity index is 2.54. The van der Waals surface area contributed by atoms with E-state index in [0.717, 1.165) is 27.6 Å². The molecule has 2 N–H and O–H groups in total. The molecule has 80 valence electrons. The fourth-order valence-corrected chi connectivity index (χ4v) is 1.98. The summed E-state index contributed by atoms with van der Waals surface area (Å²) in [6.07, 6.45) is 0. The highest BCUT2D eigenvalue weighted by molar-refractivity contribution is 6.03. The number of aromatic nitrogens is 3. The first-order valence-corrected chi connectivity index (χ1v) is 5.15. The largest absolute Gasteiger partial charge is 0.369 e. The van der Waals surface area contributed by atoms with Crippen molar-refractivity contribution >= 4 is 27.9 Å². The number of hydrogen-bond donors (Lipinski definition) is 1. The molecule has 0 spiro atoms. The second-order valence-corrected chi connectivity index (χ2v) is 3.98. The van der Waals surface area contributed by atoms with Gasteiger partial charge in [0, 0.05) is 18.1 Å². The minimum absolute atomic E-state index is 0.531. The summed E-state index contributed by atoms with van der Waals surface area (Å²) in [4.78, 5) is 8.85. The van der Waals surface area contributed by atoms with E-state index in [1.807, 2.05) is 42.8 Å². The van der Waals surface area contributed by atoms with Gasteiger partial charge in [-0.15, -0.1) is 0 Å². The number of anilines is 1. The van der Waals surface area contributed by atoms with E-state index < -0.39 is 0 Å². The van der Waals surface area contributed by atoms with Crippen molar-refractivity contribution in [3.05, 3.63) is 30.0 Å². The van der Waals surface area contributed by atoms with E-state index >= 15 is 0 Å². The molecule has 0 radical (unpaired) electrons. The second kappa shape index (κ2) is 2.95. The number of pyridine rings is 1. The third-order valence-corrected chi connectivity index (χ3v) is 2.89. The molecule has 0 amide bonds. The van der Waals surface area contributed by atoms with E-state index in [4.69, 9.17) is 5.73 Å². The first-order chi connectivity index (χ1) is 7.66. The van der Waals surface area contributed by atoms with Crippen LogP contribution < -0.4 is 5.73 Å². The van der Waals surface area contributed by atoms with Gasteiger partial charge in [0.1, 0.15) is 5.52 Å². The molecule has 0 unspecified atom stereocenters. The zero-order valence-corrected chi connectivity index (χ0v) is 9.23. The van der Waals surface area contributed by atoms with Gasteiger partial charge in [0.25, 0.3) is 0 Å². The Morgan fingerprint density at radius 3 is 2.75 bits per heavy atom. The highest BCUT2D eigenvalue weighted by Gasteiger charge is 2.08. The number of imidazole rings is 1. The first kappa shape index (κ1) is 9.15. The van der Waals surface area contributed by atoms with Crippen LogP contribution in [0, 0.1) is 6.92 Å². The Hall–Kier alpha value is -2.10. The predicted octanol–water partition coefficient (Wildman–Crippen LogP) is 2.01. The number of rotatable bonds is 0. The van der Waals surface area contributed by atoms with Crippen LogP contribution in [-0.4, -0.2) is 14.5 Å². The van der Waals surface area contributed by atoms with Crippen molar-refractivity contribution in [2.75, 3.05) is 5.73 Å². The van der Waals surface area contributed by atoms with Gasteiger partial charge in [-0.3, -0.25) is 4.98 Å². The van der Waals surface area contributed by atoms with E-state index in [1.54, 1.807) is 0 Å². The van der Waals surface area contributed by atoms with E-state index in [9.17, 15) is 0 Å². The van der Waals surface area contributed by atoms with Crippen molar-refractivity contribution in [3.8, 4) is 0 Å². The number of fused-ring (bicyclic) bond motifs is 3. The normalized spacial score (nSPS) is 11.4. The molecule has 0 bridgehead atoms. The van der Waals surface area contributed by atoms with Crippen LogP contribution in [0.15, 0.2) is 24.3 Å². The molecule has 0 aliphatic heterocycles. The van der Waals surface area contributed by atoms with E-state index in [0.29, 0.717) is 5.95 Å². The van der Waals surface area contributed by atoms with Crippen molar-refractivity contribution < 1.29 is 0 Å². The van der Waals surface area contributed by atoms with Gasteiger partial charge in [-0.05, 0) is 31.2 Å². The third kappa shape index (κ3) is 1.10. The van der Waals surface area contributed by atoms with Gasteiger partial charge in [0.2, 0.25) is 5.95 Å². The molecule has 1 aromatic carbocycles. The minimum atomic E-state index is 0.531. The molecular formula is C12H12N4. The topological polar surface area (TPSA) is 56.7 Å². The smallest absolute Gasteiger partial charge is 0.200 e. The minimum Gasteiger partial charge on any atom is -0.369 e. The zero-order valence-electron chi connectivity index (χ0n) is 9.23. The number of hydrogen-bond acceptors (Lipinski definition) is 3. The van der Waals surface area contributed by atoms with Gasteiger partial charge in [-0.25, -0.2) is 4.98 Å². The Morgan fingerprint density at radius 2 is 1.94 bits per heavy atom. The summed E-state index contributed by atoms with van der Waals surface area (Å²) in [5, 5.41) is 1.05. The fraction of sp³-hybridized carbons (Fsp3) is 0.167. The van der Waals surface area contributed by atoms with Crippen LogP contribution in [0.1, 0.15) is 5.69 Å². The Labute approximate surface area is 92.7 Å². The molecule has 4 nitrogen and oxygen atoms in total. The second-order valence-electron chi connectivity index (χ2n) is 3.98. The number of benzene rings is 1. The summed E-state index contributed by atoms with van der Waals surface area (Å²) >= 11 is 0. The van der Waals surface area contributed by atoms with Gasteiger partial charge in [0.15, 0.2) is 0 Å². The van der Waals surface area contributed by atoms with E-state index in [1.165, 1.54) is 0 Å². The van der Waals surface area contributed by atoms with Crippen molar-refractivity contribution in [3.63, 3.8) is 0 Å². The van der Waals surface area contributed by atoms with Gasteiger partial charge in [-0.1, -0.05) is 0 Å². The van der Waals surface area contributed by atoms with Gasteiger partial charge >= 0.3 is 0 Å². The lowest BCUT2D eigenvalue weighted by molar-refractivity contribution is 0.965. The summed E-state index contributed by atoms with van der Waals surface area (Å²) in [5.74, 6) is 0.531. The van der Waals surface area contributed by atoms with Gasteiger partial charge < -0.3 is 10.3 Å². The number of aryl methyl sites for hydroxylation is 2. The maximum absolute atomic E-state index is 5.80. The van der Waals surface area contributed by atoms with Crippen LogP contribution in [0.3, 0.4) is 0 Å². The molecule has 0 saturated carbocycles.